The van der Waals surface area contributed by atoms with Gasteiger partial charge in [0.2, 0.25) is 0 Å². The van der Waals surface area contributed by atoms with E-state index in [1.165, 1.54) is 0 Å². The highest BCUT2D eigenvalue weighted by Crippen LogP contribution is 2.36. The maximum absolute atomic E-state index is 11.0. The lowest BCUT2D eigenvalue weighted by molar-refractivity contribution is -0.154. The Labute approximate surface area is 152 Å². The van der Waals surface area contributed by atoms with Gasteiger partial charge in [0.15, 0.2) is 5.60 Å². The molecule has 126 valence electrons. The first-order valence-corrected chi connectivity index (χ1v) is 8.64. The number of ether oxygens (including phenoxy) is 1. The molecule has 0 bridgehead atoms. The SMILES string of the molecule is CC(C)(C)O[C@@](C#N)(Cc1ccccc1)[C@@H](O)c1ccc(Br)cc1. The number of halogens is 1. The number of benzene rings is 2. The van der Waals surface area contributed by atoms with Crippen LogP contribution in [0.5, 0.6) is 0 Å². The van der Waals surface area contributed by atoms with Crippen molar-refractivity contribution in [3.8, 4) is 6.07 Å². The van der Waals surface area contributed by atoms with Gasteiger partial charge in [0, 0.05) is 10.9 Å². The van der Waals surface area contributed by atoms with Crippen molar-refractivity contribution in [2.24, 2.45) is 0 Å². The highest BCUT2D eigenvalue weighted by Gasteiger charge is 2.43. The Morgan fingerprint density at radius 1 is 1.08 bits per heavy atom. The minimum absolute atomic E-state index is 0.304. The van der Waals surface area contributed by atoms with Crippen LogP contribution < -0.4 is 0 Å². The summed E-state index contributed by atoms with van der Waals surface area (Å²) in [7, 11) is 0. The molecular weight excluding hydrogens is 366 g/mol. The summed E-state index contributed by atoms with van der Waals surface area (Å²) in [5, 5.41) is 20.9. The summed E-state index contributed by atoms with van der Waals surface area (Å²) in [6, 6.07) is 19.2. The Balaban J connectivity index is 2.44. The number of rotatable bonds is 5. The van der Waals surface area contributed by atoms with E-state index in [0.717, 1.165) is 10.0 Å². The molecule has 2 atom stereocenters. The Kier molecular flexibility index (Phi) is 5.82. The monoisotopic (exact) mass is 387 g/mol. The van der Waals surface area contributed by atoms with Crippen LogP contribution in [0, 0.1) is 11.3 Å². The number of aliphatic hydroxyl groups is 1. The van der Waals surface area contributed by atoms with E-state index in [1.54, 1.807) is 12.1 Å². The van der Waals surface area contributed by atoms with Gasteiger partial charge >= 0.3 is 0 Å². The molecule has 0 fully saturated rings. The quantitative estimate of drug-likeness (QED) is 0.800. The predicted octanol–water partition coefficient (Wildman–Crippen LogP) is 4.80. The van der Waals surface area contributed by atoms with Crippen molar-refractivity contribution < 1.29 is 9.84 Å². The Morgan fingerprint density at radius 2 is 1.67 bits per heavy atom. The van der Waals surface area contributed by atoms with Gasteiger partial charge in [-0.3, -0.25) is 0 Å². The maximum Gasteiger partial charge on any atom is 0.188 e. The number of nitrogens with zero attached hydrogens (tertiary/aromatic N) is 1. The van der Waals surface area contributed by atoms with Crippen molar-refractivity contribution in [2.75, 3.05) is 0 Å². The van der Waals surface area contributed by atoms with E-state index in [-0.39, 0.29) is 0 Å². The van der Waals surface area contributed by atoms with Crippen LogP contribution in [-0.2, 0) is 11.2 Å². The van der Waals surface area contributed by atoms with E-state index in [1.807, 2.05) is 63.2 Å². The molecule has 0 spiro atoms. The molecule has 0 amide bonds. The number of nitriles is 1. The van der Waals surface area contributed by atoms with Crippen LogP contribution in [0.15, 0.2) is 59.1 Å². The zero-order valence-corrected chi connectivity index (χ0v) is 15.7. The maximum atomic E-state index is 11.0. The first-order chi connectivity index (χ1) is 11.3. The van der Waals surface area contributed by atoms with Crippen LogP contribution in [0.3, 0.4) is 0 Å². The lowest BCUT2D eigenvalue weighted by Gasteiger charge is -2.38. The molecule has 0 aromatic heterocycles. The zero-order chi connectivity index (χ0) is 17.8. The summed E-state index contributed by atoms with van der Waals surface area (Å²) in [5.74, 6) is 0. The average Bonchev–Trinajstić information content (AvgIpc) is 2.54. The van der Waals surface area contributed by atoms with Crippen LogP contribution in [0.25, 0.3) is 0 Å². The van der Waals surface area contributed by atoms with Crippen molar-refractivity contribution in [3.63, 3.8) is 0 Å². The second-order valence-electron chi connectivity index (χ2n) is 6.83. The first-order valence-electron chi connectivity index (χ1n) is 7.85. The summed E-state index contributed by atoms with van der Waals surface area (Å²) < 4.78 is 7.02. The van der Waals surface area contributed by atoms with Gasteiger partial charge in [0.25, 0.3) is 0 Å². The van der Waals surface area contributed by atoms with Gasteiger partial charge in [0.1, 0.15) is 12.2 Å². The van der Waals surface area contributed by atoms with Crippen LogP contribution >= 0.6 is 15.9 Å². The lowest BCUT2D eigenvalue weighted by atomic mass is 9.85. The molecule has 0 unspecified atom stereocenters. The molecule has 2 aromatic rings. The minimum atomic E-state index is -1.37. The summed E-state index contributed by atoms with van der Waals surface area (Å²) in [6.45, 7) is 5.66. The molecule has 0 saturated carbocycles. The summed E-state index contributed by atoms with van der Waals surface area (Å²) in [6.07, 6.45) is -0.756. The highest BCUT2D eigenvalue weighted by atomic mass is 79.9. The summed E-state index contributed by atoms with van der Waals surface area (Å²) >= 11 is 3.39. The molecule has 0 radical (unpaired) electrons. The van der Waals surface area contributed by atoms with Gasteiger partial charge in [-0.2, -0.15) is 5.26 Å². The molecule has 3 nitrogen and oxygen atoms in total. The first kappa shape index (κ1) is 18.7. The average molecular weight is 388 g/mol. The second-order valence-corrected chi connectivity index (χ2v) is 7.75. The highest BCUT2D eigenvalue weighted by molar-refractivity contribution is 9.10. The van der Waals surface area contributed by atoms with Crippen LogP contribution in [-0.4, -0.2) is 16.3 Å². The zero-order valence-electron chi connectivity index (χ0n) is 14.2. The van der Waals surface area contributed by atoms with E-state index in [4.69, 9.17) is 4.74 Å². The molecular formula is C20H22BrNO2. The largest absolute Gasteiger partial charge is 0.384 e. The fraction of sp³-hybridized carbons (Fsp3) is 0.350. The fourth-order valence-electron chi connectivity index (χ4n) is 2.67. The molecule has 0 aliphatic rings. The molecule has 0 heterocycles. The van der Waals surface area contributed by atoms with Crippen LogP contribution in [0.2, 0.25) is 0 Å². The molecule has 2 rings (SSSR count). The number of hydrogen-bond acceptors (Lipinski definition) is 3. The molecule has 0 aliphatic carbocycles. The van der Waals surface area contributed by atoms with Crippen LogP contribution in [0.4, 0.5) is 0 Å². The molecule has 4 heteroatoms. The topological polar surface area (TPSA) is 53.2 Å². The van der Waals surface area contributed by atoms with E-state index in [9.17, 15) is 10.4 Å². The minimum Gasteiger partial charge on any atom is -0.384 e. The van der Waals surface area contributed by atoms with Gasteiger partial charge in [-0.05, 0) is 44.0 Å². The predicted molar refractivity (Wildman–Crippen MR) is 98.4 cm³/mol. The third-order valence-corrected chi connectivity index (χ3v) is 4.14. The van der Waals surface area contributed by atoms with E-state index >= 15 is 0 Å². The third-order valence-electron chi connectivity index (χ3n) is 3.61. The van der Waals surface area contributed by atoms with E-state index in [0.29, 0.717) is 12.0 Å². The molecule has 0 aliphatic heterocycles. The number of hydrogen-bond donors (Lipinski definition) is 1. The van der Waals surface area contributed by atoms with Crippen molar-refractivity contribution in [2.45, 2.75) is 44.5 Å². The Bertz CT molecular complexity index is 701. The molecule has 24 heavy (non-hydrogen) atoms. The summed E-state index contributed by atoms with van der Waals surface area (Å²) in [5.41, 5.74) is -0.340. The number of aliphatic hydroxyl groups excluding tert-OH is 1. The normalized spacial score (nSPS) is 15.3. The second kappa shape index (κ2) is 7.48. The van der Waals surface area contributed by atoms with E-state index < -0.39 is 17.3 Å². The molecule has 1 N–H and O–H groups in total. The van der Waals surface area contributed by atoms with E-state index in [2.05, 4.69) is 22.0 Å². The van der Waals surface area contributed by atoms with Crippen molar-refractivity contribution >= 4 is 15.9 Å². The third kappa shape index (κ3) is 4.67. The van der Waals surface area contributed by atoms with Gasteiger partial charge in [-0.1, -0.05) is 58.4 Å². The smallest absolute Gasteiger partial charge is 0.188 e. The fourth-order valence-corrected chi connectivity index (χ4v) is 2.94. The Morgan fingerprint density at radius 3 is 2.17 bits per heavy atom. The van der Waals surface area contributed by atoms with Crippen molar-refractivity contribution in [1.82, 2.24) is 0 Å². The van der Waals surface area contributed by atoms with Gasteiger partial charge in [-0.15, -0.1) is 0 Å². The Hall–Kier alpha value is -1.67. The van der Waals surface area contributed by atoms with Gasteiger partial charge in [-0.25, -0.2) is 0 Å². The van der Waals surface area contributed by atoms with Gasteiger partial charge in [0.05, 0.1) is 5.60 Å². The standard InChI is InChI=1S/C20H22BrNO2/c1-19(2,3)24-20(14-22,13-15-7-5-4-6-8-15)18(23)16-9-11-17(21)12-10-16/h4-12,18,23H,13H2,1-3H3/t18-,20+/m0/s1. The molecule has 2 aromatic carbocycles. The van der Waals surface area contributed by atoms with Crippen molar-refractivity contribution in [3.05, 3.63) is 70.2 Å². The lowest BCUT2D eigenvalue weighted by Crippen LogP contribution is -2.45. The van der Waals surface area contributed by atoms with Crippen LogP contribution in [0.1, 0.15) is 38.0 Å². The molecule has 0 saturated heterocycles. The van der Waals surface area contributed by atoms with Gasteiger partial charge < -0.3 is 9.84 Å². The summed E-state index contributed by atoms with van der Waals surface area (Å²) in [4.78, 5) is 0. The van der Waals surface area contributed by atoms with Crippen molar-refractivity contribution in [1.29, 1.82) is 5.26 Å².